The largest absolute Gasteiger partial charge is 0.339 e. The van der Waals surface area contributed by atoms with Crippen molar-refractivity contribution in [1.82, 2.24) is 19.8 Å². The zero-order valence-corrected chi connectivity index (χ0v) is 17.2. The Morgan fingerprint density at radius 1 is 1.14 bits per heavy atom. The summed E-state index contributed by atoms with van der Waals surface area (Å²) in [6.45, 7) is 6.41. The fraction of sp³-hybridized carbons (Fsp3) is 0.476. The van der Waals surface area contributed by atoms with E-state index in [1.165, 1.54) is 23.4 Å². The molecular weight excluding hydrogens is 372 g/mol. The number of aryl methyl sites for hydroxylation is 1. The zero-order chi connectivity index (χ0) is 19.8. The van der Waals surface area contributed by atoms with Crippen LogP contribution >= 0.6 is 11.8 Å². The van der Waals surface area contributed by atoms with Crippen LogP contribution in [0, 0.1) is 0 Å². The summed E-state index contributed by atoms with van der Waals surface area (Å²) in [5.41, 5.74) is 1.98. The third-order valence-corrected chi connectivity index (χ3v) is 5.75. The molecule has 0 aliphatic carbocycles. The number of nitrogens with zero attached hydrogens (tertiary/aromatic N) is 3. The molecule has 2 heterocycles. The van der Waals surface area contributed by atoms with E-state index in [1.807, 2.05) is 11.0 Å². The highest BCUT2D eigenvalue weighted by atomic mass is 32.2. The Hall–Kier alpha value is -2.12. The van der Waals surface area contributed by atoms with Crippen LogP contribution in [0.3, 0.4) is 0 Å². The van der Waals surface area contributed by atoms with Gasteiger partial charge in [-0.1, -0.05) is 55.4 Å². The molecule has 1 aliphatic heterocycles. The second-order valence-electron chi connectivity index (χ2n) is 7.04. The summed E-state index contributed by atoms with van der Waals surface area (Å²) < 4.78 is 0. The van der Waals surface area contributed by atoms with Crippen LogP contribution in [-0.4, -0.2) is 64.2 Å². The zero-order valence-electron chi connectivity index (χ0n) is 16.4. The lowest BCUT2D eigenvalue weighted by Crippen LogP contribution is -2.49. The summed E-state index contributed by atoms with van der Waals surface area (Å²) >= 11 is 1.31. The highest BCUT2D eigenvalue weighted by Crippen LogP contribution is 2.14. The van der Waals surface area contributed by atoms with Crippen molar-refractivity contribution < 1.29 is 4.79 Å². The first-order chi connectivity index (χ1) is 13.6. The first-order valence-electron chi connectivity index (χ1n) is 9.91. The highest BCUT2D eigenvalue weighted by Gasteiger charge is 2.21. The van der Waals surface area contributed by atoms with Crippen molar-refractivity contribution >= 4 is 17.7 Å². The van der Waals surface area contributed by atoms with Gasteiger partial charge in [0.05, 0.1) is 5.75 Å². The minimum atomic E-state index is -0.152. The van der Waals surface area contributed by atoms with E-state index in [0.717, 1.165) is 57.7 Å². The topological polar surface area (TPSA) is 69.3 Å². The van der Waals surface area contributed by atoms with Crippen molar-refractivity contribution in [3.63, 3.8) is 0 Å². The highest BCUT2D eigenvalue weighted by molar-refractivity contribution is 7.99. The third kappa shape index (κ3) is 6.21. The second-order valence-corrected chi connectivity index (χ2v) is 8.00. The number of nitrogens with one attached hydrogen (secondary N) is 1. The number of H-pyrrole nitrogens is 1. The molecule has 1 fully saturated rings. The van der Waals surface area contributed by atoms with Crippen molar-refractivity contribution in [2.45, 2.75) is 31.3 Å². The van der Waals surface area contributed by atoms with E-state index < -0.39 is 0 Å². The van der Waals surface area contributed by atoms with Gasteiger partial charge in [-0.2, -0.15) is 0 Å². The Labute approximate surface area is 170 Å². The quantitative estimate of drug-likeness (QED) is 0.543. The number of rotatable bonds is 8. The lowest BCUT2D eigenvalue weighted by molar-refractivity contribution is -0.130. The summed E-state index contributed by atoms with van der Waals surface area (Å²) in [5.74, 6) is 0.416. The van der Waals surface area contributed by atoms with Gasteiger partial charge in [0.25, 0.3) is 5.56 Å². The molecule has 0 atom stereocenters. The number of benzene rings is 1. The van der Waals surface area contributed by atoms with Crippen LogP contribution in [0.15, 0.2) is 46.3 Å². The molecule has 0 bridgehead atoms. The molecule has 1 aromatic carbocycles. The van der Waals surface area contributed by atoms with Gasteiger partial charge in [-0.05, 0) is 18.4 Å². The van der Waals surface area contributed by atoms with E-state index in [0.29, 0.717) is 10.9 Å². The Kier molecular flexibility index (Phi) is 7.68. The standard InChI is InChI=1S/C21H28N4O2S/c1-2-6-18-15-19(26)23-21(22-18)28-16-20(27)25-13-11-24(12-14-25)10-9-17-7-4-3-5-8-17/h3-5,7-8,15H,2,6,9-14,16H2,1H3,(H,22,23,26). The summed E-state index contributed by atoms with van der Waals surface area (Å²) in [7, 11) is 0. The molecule has 3 rings (SSSR count). The maximum absolute atomic E-state index is 12.5. The first kappa shape index (κ1) is 20.6. The van der Waals surface area contributed by atoms with Crippen LogP contribution < -0.4 is 5.56 Å². The molecule has 0 unspecified atom stereocenters. The summed E-state index contributed by atoms with van der Waals surface area (Å²) in [4.78, 5) is 35.7. The molecule has 1 N–H and O–H groups in total. The van der Waals surface area contributed by atoms with Gasteiger partial charge in [0.2, 0.25) is 5.91 Å². The van der Waals surface area contributed by atoms with Gasteiger partial charge in [-0.15, -0.1) is 0 Å². The minimum absolute atomic E-state index is 0.108. The van der Waals surface area contributed by atoms with E-state index in [9.17, 15) is 9.59 Å². The third-order valence-electron chi connectivity index (χ3n) is 4.90. The van der Waals surface area contributed by atoms with Gasteiger partial charge in [-0.3, -0.25) is 14.5 Å². The van der Waals surface area contributed by atoms with Crippen molar-refractivity contribution in [1.29, 1.82) is 0 Å². The minimum Gasteiger partial charge on any atom is -0.339 e. The Morgan fingerprint density at radius 3 is 2.61 bits per heavy atom. The average Bonchev–Trinajstić information content (AvgIpc) is 2.71. The van der Waals surface area contributed by atoms with Crippen LogP contribution in [0.5, 0.6) is 0 Å². The first-order valence-corrected chi connectivity index (χ1v) is 10.9. The molecule has 1 amide bonds. The van der Waals surface area contributed by atoms with Crippen molar-refractivity contribution in [3.05, 3.63) is 58.0 Å². The van der Waals surface area contributed by atoms with Gasteiger partial charge in [-0.25, -0.2) is 4.98 Å². The van der Waals surface area contributed by atoms with Gasteiger partial charge in [0, 0.05) is 44.5 Å². The monoisotopic (exact) mass is 400 g/mol. The molecular formula is C21H28N4O2S. The number of aromatic nitrogens is 2. The number of carbonyl (C=O) groups excluding carboxylic acids is 1. The molecule has 1 aliphatic rings. The Bertz CT molecular complexity index is 817. The van der Waals surface area contributed by atoms with Gasteiger partial charge < -0.3 is 9.88 Å². The fourth-order valence-corrected chi connectivity index (χ4v) is 4.11. The van der Waals surface area contributed by atoms with Crippen LogP contribution in [-0.2, 0) is 17.6 Å². The molecule has 7 heteroatoms. The molecule has 0 spiro atoms. The molecule has 28 heavy (non-hydrogen) atoms. The van der Waals surface area contributed by atoms with E-state index >= 15 is 0 Å². The molecule has 1 aromatic heterocycles. The summed E-state index contributed by atoms with van der Waals surface area (Å²) in [6, 6.07) is 12.0. The molecule has 0 radical (unpaired) electrons. The van der Waals surface area contributed by atoms with Crippen molar-refractivity contribution in [2.75, 3.05) is 38.5 Å². The number of hydrogen-bond acceptors (Lipinski definition) is 5. The Balaban J connectivity index is 1.42. The predicted molar refractivity (Wildman–Crippen MR) is 113 cm³/mol. The van der Waals surface area contributed by atoms with E-state index in [1.54, 1.807) is 0 Å². The average molecular weight is 401 g/mol. The lowest BCUT2D eigenvalue weighted by Gasteiger charge is -2.34. The normalized spacial score (nSPS) is 15.0. The number of thioether (sulfide) groups is 1. The maximum Gasteiger partial charge on any atom is 0.251 e. The van der Waals surface area contributed by atoms with Crippen LogP contribution in [0.1, 0.15) is 24.6 Å². The number of amides is 1. The molecule has 1 saturated heterocycles. The predicted octanol–water partition coefficient (Wildman–Crippen LogP) is 2.20. The Morgan fingerprint density at radius 2 is 1.89 bits per heavy atom. The molecule has 2 aromatic rings. The van der Waals surface area contributed by atoms with Crippen LogP contribution in [0.2, 0.25) is 0 Å². The van der Waals surface area contributed by atoms with Gasteiger partial charge >= 0.3 is 0 Å². The van der Waals surface area contributed by atoms with Crippen LogP contribution in [0.25, 0.3) is 0 Å². The fourth-order valence-electron chi connectivity index (χ4n) is 3.31. The molecule has 0 saturated carbocycles. The molecule has 6 nitrogen and oxygen atoms in total. The number of piperazine rings is 1. The van der Waals surface area contributed by atoms with Gasteiger partial charge in [0.1, 0.15) is 0 Å². The summed E-state index contributed by atoms with van der Waals surface area (Å²) in [5, 5.41) is 0.533. The SMILES string of the molecule is CCCc1cc(=O)[nH]c(SCC(=O)N2CCN(CCc3ccccc3)CC2)n1. The van der Waals surface area contributed by atoms with E-state index in [4.69, 9.17) is 0 Å². The number of carbonyl (C=O) groups is 1. The van der Waals surface area contributed by atoms with Crippen LogP contribution in [0.4, 0.5) is 0 Å². The van der Waals surface area contributed by atoms with E-state index in [2.05, 4.69) is 46.1 Å². The smallest absolute Gasteiger partial charge is 0.251 e. The number of aromatic amines is 1. The lowest BCUT2D eigenvalue weighted by atomic mass is 10.1. The number of hydrogen-bond donors (Lipinski definition) is 1. The summed E-state index contributed by atoms with van der Waals surface area (Å²) in [6.07, 6.45) is 2.75. The van der Waals surface area contributed by atoms with Gasteiger partial charge in [0.15, 0.2) is 5.16 Å². The maximum atomic E-state index is 12.5. The van der Waals surface area contributed by atoms with E-state index in [-0.39, 0.29) is 11.5 Å². The van der Waals surface area contributed by atoms with Crippen molar-refractivity contribution in [3.8, 4) is 0 Å². The van der Waals surface area contributed by atoms with Crippen molar-refractivity contribution in [2.24, 2.45) is 0 Å². The second kappa shape index (κ2) is 10.4. The molecule has 150 valence electrons.